The molecule has 21 heavy (non-hydrogen) atoms. The number of aliphatic hydroxyl groups excluding tert-OH is 1. The predicted octanol–water partition coefficient (Wildman–Crippen LogP) is 1.77. The molecule has 0 unspecified atom stereocenters. The third-order valence-electron chi connectivity index (χ3n) is 4.08. The van der Waals surface area contributed by atoms with Crippen molar-refractivity contribution in [3.8, 4) is 5.75 Å². The van der Waals surface area contributed by atoms with Crippen LogP contribution >= 0.6 is 0 Å². The Bertz CT molecular complexity index is 442. The van der Waals surface area contributed by atoms with Crippen molar-refractivity contribution in [2.45, 2.75) is 31.8 Å². The van der Waals surface area contributed by atoms with Gasteiger partial charge in [-0.3, -0.25) is 4.90 Å². The van der Waals surface area contributed by atoms with Gasteiger partial charge in [0, 0.05) is 25.7 Å². The van der Waals surface area contributed by atoms with Gasteiger partial charge in [-0.2, -0.15) is 0 Å². The largest absolute Gasteiger partial charge is 0.494 e. The van der Waals surface area contributed by atoms with Crippen molar-refractivity contribution >= 4 is 0 Å². The number of piperidine rings is 1. The average molecular weight is 296 g/mol. The Morgan fingerprint density at radius 2 is 2.29 bits per heavy atom. The maximum Gasteiger partial charge on any atom is 0.165 e. The first kappa shape index (κ1) is 16.2. The minimum absolute atomic E-state index is 0.245. The number of methoxy groups -OCH3 is 1. The zero-order chi connectivity index (χ0) is 15.1. The summed E-state index contributed by atoms with van der Waals surface area (Å²) in [5.41, 5.74) is 1.01. The van der Waals surface area contributed by atoms with Crippen molar-refractivity contribution in [1.82, 2.24) is 10.2 Å². The van der Waals surface area contributed by atoms with E-state index in [2.05, 4.69) is 10.2 Å². The molecule has 1 aliphatic heterocycles. The van der Waals surface area contributed by atoms with Gasteiger partial charge in [0.05, 0.1) is 13.7 Å². The molecule has 1 fully saturated rings. The van der Waals surface area contributed by atoms with Crippen LogP contribution < -0.4 is 10.1 Å². The average Bonchev–Trinajstić information content (AvgIpc) is 2.53. The Kier molecular flexibility index (Phi) is 6.42. The molecule has 4 nitrogen and oxygen atoms in total. The Morgan fingerprint density at radius 3 is 3.05 bits per heavy atom. The molecule has 1 saturated heterocycles. The molecule has 0 aromatic heterocycles. The molecule has 0 amide bonds. The summed E-state index contributed by atoms with van der Waals surface area (Å²) in [5, 5.41) is 12.7. The third-order valence-corrected chi connectivity index (χ3v) is 4.08. The van der Waals surface area contributed by atoms with Gasteiger partial charge in [-0.15, -0.1) is 0 Å². The summed E-state index contributed by atoms with van der Waals surface area (Å²) >= 11 is 0. The molecular formula is C16H25FN2O2. The number of nitrogens with zero attached hydrogens (tertiary/aromatic N) is 1. The number of nitrogens with one attached hydrogen (secondary N) is 1. The number of halogens is 1. The molecule has 2 N–H and O–H groups in total. The van der Waals surface area contributed by atoms with E-state index in [9.17, 15) is 9.50 Å². The molecule has 0 radical (unpaired) electrons. The van der Waals surface area contributed by atoms with Crippen LogP contribution in [0.1, 0.15) is 24.8 Å². The van der Waals surface area contributed by atoms with Crippen LogP contribution in [0.5, 0.6) is 5.75 Å². The quantitative estimate of drug-likeness (QED) is 0.753. The minimum atomic E-state index is -0.333. The molecule has 1 atom stereocenters. The van der Waals surface area contributed by atoms with Crippen LogP contribution in [0.4, 0.5) is 4.39 Å². The predicted molar refractivity (Wildman–Crippen MR) is 81.0 cm³/mol. The van der Waals surface area contributed by atoms with Gasteiger partial charge in [0.25, 0.3) is 0 Å². The number of benzene rings is 1. The highest BCUT2D eigenvalue weighted by Gasteiger charge is 2.20. The van der Waals surface area contributed by atoms with Crippen LogP contribution in [0.3, 0.4) is 0 Å². The van der Waals surface area contributed by atoms with Crippen molar-refractivity contribution < 1.29 is 14.2 Å². The first-order valence-electron chi connectivity index (χ1n) is 7.62. The summed E-state index contributed by atoms with van der Waals surface area (Å²) in [6.07, 6.45) is 3.52. The van der Waals surface area contributed by atoms with E-state index in [-0.39, 0.29) is 18.2 Å². The molecule has 1 aliphatic rings. The van der Waals surface area contributed by atoms with E-state index >= 15 is 0 Å². The summed E-state index contributed by atoms with van der Waals surface area (Å²) in [6.45, 7) is 3.79. The maximum atomic E-state index is 13.3. The fourth-order valence-corrected chi connectivity index (χ4v) is 2.83. The van der Waals surface area contributed by atoms with Crippen molar-refractivity contribution in [2.24, 2.45) is 0 Å². The Balaban J connectivity index is 1.74. The fraction of sp³-hybridized carbons (Fsp3) is 0.625. The first-order valence-corrected chi connectivity index (χ1v) is 7.62. The lowest BCUT2D eigenvalue weighted by molar-refractivity contribution is 0.0910. The number of rotatable bonds is 7. The van der Waals surface area contributed by atoms with Crippen molar-refractivity contribution in [3.63, 3.8) is 0 Å². The van der Waals surface area contributed by atoms with Crippen LogP contribution in [-0.2, 0) is 6.54 Å². The number of aliphatic hydroxyl groups is 1. The number of hydrogen-bond acceptors (Lipinski definition) is 4. The van der Waals surface area contributed by atoms with Gasteiger partial charge in [0.15, 0.2) is 11.6 Å². The second kappa shape index (κ2) is 8.32. The number of ether oxygens (including phenoxy) is 1. The lowest BCUT2D eigenvalue weighted by Gasteiger charge is -2.34. The van der Waals surface area contributed by atoms with E-state index in [1.807, 2.05) is 0 Å². The van der Waals surface area contributed by atoms with E-state index in [0.29, 0.717) is 12.6 Å². The molecular weight excluding hydrogens is 271 g/mol. The molecule has 0 bridgehead atoms. The number of likely N-dealkylation sites (tertiary alicyclic amines) is 1. The van der Waals surface area contributed by atoms with Crippen LogP contribution in [0, 0.1) is 5.82 Å². The molecule has 118 valence electrons. The molecule has 2 rings (SSSR count). The highest BCUT2D eigenvalue weighted by Crippen LogP contribution is 2.18. The van der Waals surface area contributed by atoms with Gasteiger partial charge in [0.2, 0.25) is 0 Å². The molecule has 1 heterocycles. The summed E-state index contributed by atoms with van der Waals surface area (Å²) < 4.78 is 18.3. The molecule has 0 saturated carbocycles. The first-order chi connectivity index (χ1) is 10.2. The van der Waals surface area contributed by atoms with Gasteiger partial charge in [-0.1, -0.05) is 12.5 Å². The molecule has 1 aromatic rings. The minimum Gasteiger partial charge on any atom is -0.494 e. The van der Waals surface area contributed by atoms with Crippen LogP contribution in [0.25, 0.3) is 0 Å². The van der Waals surface area contributed by atoms with Crippen molar-refractivity contribution in [1.29, 1.82) is 0 Å². The van der Waals surface area contributed by atoms with Crippen LogP contribution in [0.15, 0.2) is 18.2 Å². The van der Waals surface area contributed by atoms with Gasteiger partial charge in [-0.25, -0.2) is 4.39 Å². The lowest BCUT2D eigenvalue weighted by Crippen LogP contribution is -2.44. The van der Waals surface area contributed by atoms with Crippen LogP contribution in [-0.4, -0.2) is 49.4 Å². The maximum absolute atomic E-state index is 13.3. The fourth-order valence-electron chi connectivity index (χ4n) is 2.83. The number of hydrogen-bond donors (Lipinski definition) is 2. The molecule has 1 aromatic carbocycles. The lowest BCUT2D eigenvalue weighted by atomic mass is 10.0. The van der Waals surface area contributed by atoms with E-state index < -0.39 is 0 Å². The van der Waals surface area contributed by atoms with Gasteiger partial charge >= 0.3 is 0 Å². The SMILES string of the molecule is COc1cc(CNCCN2CCCC[C@@H]2CO)ccc1F. The summed E-state index contributed by atoms with van der Waals surface area (Å²) in [6, 6.07) is 5.23. The van der Waals surface area contributed by atoms with Gasteiger partial charge in [-0.05, 0) is 37.1 Å². The van der Waals surface area contributed by atoms with E-state index in [4.69, 9.17) is 4.74 Å². The summed E-state index contributed by atoms with van der Waals surface area (Å²) in [7, 11) is 1.47. The van der Waals surface area contributed by atoms with Crippen molar-refractivity contribution in [3.05, 3.63) is 29.6 Å². The third kappa shape index (κ3) is 4.66. The highest BCUT2D eigenvalue weighted by atomic mass is 19.1. The monoisotopic (exact) mass is 296 g/mol. The molecule has 0 spiro atoms. The molecule has 5 heteroatoms. The van der Waals surface area contributed by atoms with Gasteiger partial charge in [0.1, 0.15) is 0 Å². The van der Waals surface area contributed by atoms with E-state index in [1.165, 1.54) is 26.0 Å². The van der Waals surface area contributed by atoms with Gasteiger partial charge < -0.3 is 15.2 Å². The Morgan fingerprint density at radius 1 is 1.43 bits per heavy atom. The smallest absolute Gasteiger partial charge is 0.165 e. The van der Waals surface area contributed by atoms with E-state index in [0.717, 1.165) is 31.6 Å². The summed E-state index contributed by atoms with van der Waals surface area (Å²) in [5.74, 6) is -0.0500. The zero-order valence-electron chi connectivity index (χ0n) is 12.6. The Labute approximate surface area is 125 Å². The second-order valence-corrected chi connectivity index (χ2v) is 5.51. The Hall–Kier alpha value is -1.17. The standard InChI is InChI=1S/C16H25FN2O2/c1-21-16-10-13(5-6-15(16)17)11-18-7-9-19-8-3-2-4-14(19)12-20/h5-6,10,14,18,20H,2-4,7-9,11-12H2,1H3/t14-/m1/s1. The highest BCUT2D eigenvalue weighted by molar-refractivity contribution is 5.30. The van der Waals surface area contributed by atoms with Crippen molar-refractivity contribution in [2.75, 3.05) is 33.4 Å². The van der Waals surface area contributed by atoms with E-state index in [1.54, 1.807) is 12.1 Å². The normalized spacial score (nSPS) is 19.7. The second-order valence-electron chi connectivity index (χ2n) is 5.51. The summed E-state index contributed by atoms with van der Waals surface area (Å²) in [4.78, 5) is 2.35. The topological polar surface area (TPSA) is 44.7 Å². The zero-order valence-corrected chi connectivity index (χ0v) is 12.6. The molecule has 0 aliphatic carbocycles. The van der Waals surface area contributed by atoms with Crippen LogP contribution in [0.2, 0.25) is 0 Å².